The van der Waals surface area contributed by atoms with Crippen molar-refractivity contribution in [3.63, 3.8) is 0 Å². The molecule has 0 saturated heterocycles. The van der Waals surface area contributed by atoms with Crippen molar-refractivity contribution >= 4 is 0 Å². The maximum Gasteiger partial charge on any atom is 0.0805 e. The van der Waals surface area contributed by atoms with Gasteiger partial charge in [0.05, 0.1) is 6.10 Å². The summed E-state index contributed by atoms with van der Waals surface area (Å²) in [6, 6.07) is 0. The molecule has 0 aromatic carbocycles. The summed E-state index contributed by atoms with van der Waals surface area (Å²) in [7, 11) is 0. The van der Waals surface area contributed by atoms with Crippen molar-refractivity contribution in [2.45, 2.75) is 71.8 Å². The Morgan fingerprint density at radius 3 is 2.20 bits per heavy atom. The van der Waals surface area contributed by atoms with E-state index in [4.69, 9.17) is 0 Å². The normalized spacial score (nSPS) is 19.9. The van der Waals surface area contributed by atoms with E-state index >= 15 is 0 Å². The first-order valence-corrected chi connectivity index (χ1v) is 6.57. The highest BCUT2D eigenvalue weighted by Crippen LogP contribution is 2.39. The van der Waals surface area contributed by atoms with Gasteiger partial charge in [-0.15, -0.1) is 0 Å². The maximum atomic E-state index is 10.5. The van der Waals surface area contributed by atoms with Gasteiger partial charge in [0.15, 0.2) is 0 Å². The number of rotatable bonds is 5. The van der Waals surface area contributed by atoms with Gasteiger partial charge in [-0.05, 0) is 55.9 Å². The highest BCUT2D eigenvalue weighted by molar-refractivity contribution is 5.14. The largest absolute Gasteiger partial charge is 0.388 e. The third-order valence-electron chi connectivity index (χ3n) is 4.37. The summed E-state index contributed by atoms with van der Waals surface area (Å²) in [5.41, 5.74) is 1.44. The van der Waals surface area contributed by atoms with E-state index in [1.165, 1.54) is 24.8 Å². The van der Waals surface area contributed by atoms with Gasteiger partial charge in [0.2, 0.25) is 0 Å². The summed E-state index contributed by atoms with van der Waals surface area (Å²) in [5, 5.41) is 10.5. The Morgan fingerprint density at radius 1 is 1.20 bits per heavy atom. The molecule has 1 aliphatic carbocycles. The average Bonchev–Trinajstić information content (AvgIpc) is 2.33. The summed E-state index contributed by atoms with van der Waals surface area (Å²) in [4.78, 5) is 0. The Labute approximate surface area is 94.6 Å². The fraction of sp³-hybridized carbons (Fsp3) is 0.857. The fourth-order valence-electron chi connectivity index (χ4n) is 2.83. The van der Waals surface area contributed by atoms with Crippen molar-refractivity contribution < 1.29 is 5.11 Å². The third-order valence-corrected chi connectivity index (χ3v) is 4.37. The molecule has 0 saturated carbocycles. The van der Waals surface area contributed by atoms with Gasteiger partial charge in [-0.3, -0.25) is 0 Å². The minimum absolute atomic E-state index is 0.128. The first kappa shape index (κ1) is 12.8. The number of aliphatic hydroxyl groups is 1. The summed E-state index contributed by atoms with van der Waals surface area (Å²) in [5.74, 6) is 0. The van der Waals surface area contributed by atoms with Crippen LogP contribution in [0.1, 0.15) is 65.7 Å². The van der Waals surface area contributed by atoms with Crippen molar-refractivity contribution in [3.8, 4) is 0 Å². The molecule has 0 aromatic heterocycles. The minimum atomic E-state index is -0.196. The van der Waals surface area contributed by atoms with Crippen LogP contribution in [0.25, 0.3) is 0 Å². The van der Waals surface area contributed by atoms with Crippen molar-refractivity contribution in [3.05, 3.63) is 11.6 Å². The fourth-order valence-corrected chi connectivity index (χ4v) is 2.83. The van der Waals surface area contributed by atoms with Crippen LogP contribution >= 0.6 is 0 Å². The molecule has 1 unspecified atom stereocenters. The second-order valence-electron chi connectivity index (χ2n) is 4.85. The molecule has 0 radical (unpaired) electrons. The standard InChI is InChI=1S/C14H26O/c1-4-14(5-2,6-3)13(15)12-10-8-7-9-11-12/h10,13,15H,4-9,11H2,1-3H3. The van der Waals surface area contributed by atoms with Crippen molar-refractivity contribution in [1.82, 2.24) is 0 Å². The van der Waals surface area contributed by atoms with E-state index in [9.17, 15) is 5.11 Å². The van der Waals surface area contributed by atoms with E-state index in [0.29, 0.717) is 0 Å². The predicted octanol–water partition coefficient (Wildman–Crippen LogP) is 4.06. The molecule has 1 rings (SSSR count). The van der Waals surface area contributed by atoms with Crippen LogP contribution in [0.3, 0.4) is 0 Å². The lowest BCUT2D eigenvalue weighted by molar-refractivity contribution is 0.0377. The molecule has 88 valence electrons. The van der Waals surface area contributed by atoms with Crippen LogP contribution in [-0.2, 0) is 0 Å². The second-order valence-corrected chi connectivity index (χ2v) is 4.85. The Morgan fingerprint density at radius 2 is 1.80 bits per heavy atom. The molecule has 1 N–H and O–H groups in total. The van der Waals surface area contributed by atoms with Gasteiger partial charge >= 0.3 is 0 Å². The minimum Gasteiger partial charge on any atom is -0.388 e. The molecule has 1 atom stereocenters. The van der Waals surface area contributed by atoms with Gasteiger partial charge < -0.3 is 5.11 Å². The Hall–Kier alpha value is -0.300. The molecule has 1 heteroatoms. The lowest BCUT2D eigenvalue weighted by Gasteiger charge is -2.38. The van der Waals surface area contributed by atoms with Crippen LogP contribution in [0, 0.1) is 5.41 Å². The Kier molecular flexibility index (Phi) is 4.85. The highest BCUT2D eigenvalue weighted by Gasteiger charge is 2.34. The van der Waals surface area contributed by atoms with Gasteiger partial charge in [0, 0.05) is 0 Å². The van der Waals surface area contributed by atoms with Gasteiger partial charge in [-0.1, -0.05) is 26.8 Å². The first-order chi connectivity index (χ1) is 7.20. The Balaban J connectivity index is 2.78. The van der Waals surface area contributed by atoms with Crippen LogP contribution in [0.15, 0.2) is 11.6 Å². The van der Waals surface area contributed by atoms with Crippen LogP contribution < -0.4 is 0 Å². The van der Waals surface area contributed by atoms with E-state index in [2.05, 4.69) is 26.8 Å². The molecule has 0 aliphatic heterocycles. The zero-order valence-corrected chi connectivity index (χ0v) is 10.6. The van der Waals surface area contributed by atoms with Crippen molar-refractivity contribution in [2.75, 3.05) is 0 Å². The van der Waals surface area contributed by atoms with E-state index in [-0.39, 0.29) is 11.5 Å². The molecular formula is C14H26O. The van der Waals surface area contributed by atoms with E-state index < -0.39 is 0 Å². The smallest absolute Gasteiger partial charge is 0.0805 e. The first-order valence-electron chi connectivity index (χ1n) is 6.57. The number of hydrogen-bond donors (Lipinski definition) is 1. The Bertz CT molecular complexity index is 205. The zero-order valence-electron chi connectivity index (χ0n) is 10.6. The maximum absolute atomic E-state index is 10.5. The van der Waals surface area contributed by atoms with Crippen molar-refractivity contribution in [2.24, 2.45) is 5.41 Å². The third kappa shape index (κ3) is 2.63. The molecule has 1 nitrogen and oxygen atoms in total. The molecule has 0 amide bonds. The topological polar surface area (TPSA) is 20.2 Å². The summed E-state index contributed by atoms with van der Waals surface area (Å²) >= 11 is 0. The lowest BCUT2D eigenvalue weighted by atomic mass is 9.71. The SMILES string of the molecule is CCC(CC)(CC)C(O)C1=CCCCC1. The number of hydrogen-bond acceptors (Lipinski definition) is 1. The lowest BCUT2D eigenvalue weighted by Crippen LogP contribution is -2.35. The van der Waals surface area contributed by atoms with Crippen LogP contribution in [-0.4, -0.2) is 11.2 Å². The highest BCUT2D eigenvalue weighted by atomic mass is 16.3. The molecule has 0 bridgehead atoms. The van der Waals surface area contributed by atoms with Gasteiger partial charge in [-0.2, -0.15) is 0 Å². The second kappa shape index (κ2) is 5.69. The van der Waals surface area contributed by atoms with Crippen LogP contribution in [0.2, 0.25) is 0 Å². The summed E-state index contributed by atoms with van der Waals surface area (Å²) < 4.78 is 0. The number of allylic oxidation sites excluding steroid dienone is 1. The van der Waals surface area contributed by atoms with E-state index in [1.807, 2.05) is 0 Å². The van der Waals surface area contributed by atoms with Crippen molar-refractivity contribution in [1.29, 1.82) is 0 Å². The van der Waals surface area contributed by atoms with Gasteiger partial charge in [0.25, 0.3) is 0 Å². The monoisotopic (exact) mass is 210 g/mol. The van der Waals surface area contributed by atoms with E-state index in [1.54, 1.807) is 0 Å². The molecular weight excluding hydrogens is 184 g/mol. The summed E-state index contributed by atoms with van der Waals surface area (Å²) in [6.45, 7) is 6.62. The van der Waals surface area contributed by atoms with Gasteiger partial charge in [0.1, 0.15) is 0 Å². The molecule has 0 spiro atoms. The number of aliphatic hydroxyl groups excluding tert-OH is 1. The molecule has 15 heavy (non-hydrogen) atoms. The molecule has 0 fully saturated rings. The van der Waals surface area contributed by atoms with E-state index in [0.717, 1.165) is 25.7 Å². The van der Waals surface area contributed by atoms with Gasteiger partial charge in [-0.25, -0.2) is 0 Å². The quantitative estimate of drug-likeness (QED) is 0.678. The van der Waals surface area contributed by atoms with Crippen LogP contribution in [0.5, 0.6) is 0 Å². The zero-order chi connectivity index (χ0) is 11.3. The molecule has 0 aromatic rings. The van der Waals surface area contributed by atoms with Crippen LogP contribution in [0.4, 0.5) is 0 Å². The molecule has 1 aliphatic rings. The molecule has 0 heterocycles. The average molecular weight is 210 g/mol. The predicted molar refractivity (Wildman–Crippen MR) is 65.9 cm³/mol. The summed E-state index contributed by atoms with van der Waals surface area (Å²) in [6.07, 6.45) is 10.2.